The second-order valence-electron chi connectivity index (χ2n) is 16.1. The molecule has 0 aromatic rings. The van der Waals surface area contributed by atoms with Gasteiger partial charge in [-0.05, 0) is 96.3 Å². The SMILES string of the molecule is CC/C=C/C=C/C=C/C=C/C=C/CCCC(=O)OC(COC(=O)CCCCC/C=C/CCCCCCCC)COC(=O)CCCCCCCC/C=C/C/C=C/C/C=C/C/C=C/CC. The van der Waals surface area contributed by atoms with Gasteiger partial charge in [0.15, 0.2) is 6.10 Å². The van der Waals surface area contributed by atoms with Crippen molar-refractivity contribution >= 4 is 17.9 Å². The summed E-state index contributed by atoms with van der Waals surface area (Å²) in [5.74, 6) is -1.04. The molecule has 6 nitrogen and oxygen atoms in total. The van der Waals surface area contributed by atoms with E-state index >= 15 is 0 Å². The molecule has 1 unspecified atom stereocenters. The van der Waals surface area contributed by atoms with Crippen LogP contribution in [0.15, 0.2) is 122 Å². The van der Waals surface area contributed by atoms with Crippen molar-refractivity contribution in [1.82, 2.24) is 0 Å². The number of esters is 3. The third-order valence-electron chi connectivity index (χ3n) is 10.1. The van der Waals surface area contributed by atoms with Gasteiger partial charge in [-0.3, -0.25) is 14.4 Å². The van der Waals surface area contributed by atoms with E-state index in [0.29, 0.717) is 19.3 Å². The minimum atomic E-state index is -0.829. The molecule has 0 saturated heterocycles. The van der Waals surface area contributed by atoms with Crippen LogP contribution in [0.3, 0.4) is 0 Å². The molecule has 63 heavy (non-hydrogen) atoms. The summed E-state index contributed by atoms with van der Waals surface area (Å²) in [5.41, 5.74) is 0. The molecule has 0 heterocycles. The summed E-state index contributed by atoms with van der Waals surface area (Å²) >= 11 is 0. The summed E-state index contributed by atoms with van der Waals surface area (Å²) in [5, 5.41) is 0. The molecule has 0 aliphatic rings. The van der Waals surface area contributed by atoms with Crippen molar-refractivity contribution in [2.75, 3.05) is 13.2 Å². The minimum absolute atomic E-state index is 0.122. The number of rotatable bonds is 43. The van der Waals surface area contributed by atoms with Gasteiger partial charge in [0.2, 0.25) is 0 Å². The first kappa shape index (κ1) is 58.8. The highest BCUT2D eigenvalue weighted by Crippen LogP contribution is 2.12. The van der Waals surface area contributed by atoms with E-state index in [1.165, 1.54) is 51.4 Å². The maximum absolute atomic E-state index is 12.7. The van der Waals surface area contributed by atoms with Gasteiger partial charge < -0.3 is 14.2 Å². The Bertz CT molecular complexity index is 1370. The van der Waals surface area contributed by atoms with E-state index in [4.69, 9.17) is 14.2 Å². The van der Waals surface area contributed by atoms with Crippen LogP contribution in [0.4, 0.5) is 0 Å². The number of allylic oxidation sites excluding steroid dienone is 20. The Morgan fingerprint density at radius 3 is 1.22 bits per heavy atom. The zero-order valence-corrected chi connectivity index (χ0v) is 40.3. The first-order valence-corrected chi connectivity index (χ1v) is 25.1. The molecule has 0 aliphatic heterocycles. The first-order chi connectivity index (χ1) is 31.0. The predicted molar refractivity (Wildman–Crippen MR) is 269 cm³/mol. The van der Waals surface area contributed by atoms with Gasteiger partial charge in [0.1, 0.15) is 13.2 Å². The van der Waals surface area contributed by atoms with Crippen LogP contribution >= 0.6 is 0 Å². The first-order valence-electron chi connectivity index (χ1n) is 25.1. The third kappa shape index (κ3) is 48.7. The van der Waals surface area contributed by atoms with E-state index in [2.05, 4.69) is 87.6 Å². The molecule has 6 heteroatoms. The molecule has 0 radical (unpaired) electrons. The molecule has 354 valence electrons. The van der Waals surface area contributed by atoms with Crippen LogP contribution in [0.25, 0.3) is 0 Å². The van der Waals surface area contributed by atoms with Crippen LogP contribution in [-0.2, 0) is 28.6 Å². The van der Waals surface area contributed by atoms with Gasteiger partial charge in [-0.2, -0.15) is 0 Å². The molecule has 0 N–H and O–H groups in total. The molecule has 0 rings (SSSR count). The summed E-state index contributed by atoms with van der Waals surface area (Å²) in [6.45, 7) is 6.26. The van der Waals surface area contributed by atoms with Crippen molar-refractivity contribution in [1.29, 1.82) is 0 Å². The Balaban J connectivity index is 4.52. The van der Waals surface area contributed by atoms with Gasteiger partial charge in [0, 0.05) is 19.3 Å². The van der Waals surface area contributed by atoms with Gasteiger partial charge in [-0.1, -0.05) is 206 Å². The number of unbranched alkanes of at least 4 members (excludes halogenated alkanes) is 16. The minimum Gasteiger partial charge on any atom is -0.462 e. The fourth-order valence-electron chi connectivity index (χ4n) is 6.34. The Hall–Kier alpha value is -4.19. The Kier molecular flexibility index (Phi) is 47.1. The highest BCUT2D eigenvalue weighted by molar-refractivity contribution is 5.71. The molecule has 0 fully saturated rings. The smallest absolute Gasteiger partial charge is 0.306 e. The van der Waals surface area contributed by atoms with Gasteiger partial charge in [0.05, 0.1) is 0 Å². The molecule has 0 bridgehead atoms. The number of hydrogen-bond donors (Lipinski definition) is 0. The molecular formula is C57H90O6. The number of carbonyl (C=O) groups excluding carboxylic acids is 3. The zero-order valence-electron chi connectivity index (χ0n) is 40.3. The predicted octanol–water partition coefficient (Wildman–Crippen LogP) is 16.5. The average Bonchev–Trinajstić information content (AvgIpc) is 3.28. The second kappa shape index (κ2) is 50.5. The maximum atomic E-state index is 12.7. The molecular weight excluding hydrogens is 781 g/mol. The van der Waals surface area contributed by atoms with Crippen molar-refractivity contribution in [3.05, 3.63) is 122 Å². The number of hydrogen-bond acceptors (Lipinski definition) is 6. The summed E-state index contributed by atoms with van der Waals surface area (Å²) in [7, 11) is 0. The van der Waals surface area contributed by atoms with Crippen molar-refractivity contribution in [2.45, 2.75) is 207 Å². The van der Waals surface area contributed by atoms with Crippen molar-refractivity contribution in [3.63, 3.8) is 0 Å². The zero-order chi connectivity index (χ0) is 45.8. The van der Waals surface area contributed by atoms with Crippen molar-refractivity contribution in [3.8, 4) is 0 Å². The van der Waals surface area contributed by atoms with Gasteiger partial charge in [-0.15, -0.1) is 0 Å². The van der Waals surface area contributed by atoms with E-state index in [1.54, 1.807) is 0 Å². The van der Waals surface area contributed by atoms with Crippen LogP contribution in [0.5, 0.6) is 0 Å². The van der Waals surface area contributed by atoms with Crippen LogP contribution < -0.4 is 0 Å². The van der Waals surface area contributed by atoms with E-state index < -0.39 is 12.1 Å². The van der Waals surface area contributed by atoms with E-state index in [0.717, 1.165) is 103 Å². The Morgan fingerprint density at radius 1 is 0.349 bits per heavy atom. The van der Waals surface area contributed by atoms with Crippen molar-refractivity contribution < 1.29 is 28.6 Å². The summed E-state index contributed by atoms with van der Waals surface area (Å²) in [4.78, 5) is 37.9. The van der Waals surface area contributed by atoms with Gasteiger partial charge in [-0.25, -0.2) is 0 Å². The Labute approximate surface area is 386 Å². The molecule has 0 aromatic heterocycles. The van der Waals surface area contributed by atoms with E-state index in [-0.39, 0.29) is 31.6 Å². The summed E-state index contributed by atoms with van der Waals surface area (Å²) in [6, 6.07) is 0. The van der Waals surface area contributed by atoms with E-state index in [1.807, 2.05) is 54.7 Å². The second-order valence-corrected chi connectivity index (χ2v) is 16.1. The van der Waals surface area contributed by atoms with Gasteiger partial charge >= 0.3 is 17.9 Å². The van der Waals surface area contributed by atoms with Crippen LogP contribution in [0.2, 0.25) is 0 Å². The molecule has 0 aromatic carbocycles. The number of ether oxygens (including phenoxy) is 3. The monoisotopic (exact) mass is 871 g/mol. The largest absolute Gasteiger partial charge is 0.462 e. The molecule has 0 spiro atoms. The summed E-state index contributed by atoms with van der Waals surface area (Å²) in [6.07, 6.45) is 69.0. The Morgan fingerprint density at radius 2 is 0.714 bits per heavy atom. The fourth-order valence-corrected chi connectivity index (χ4v) is 6.34. The number of carbonyl (C=O) groups is 3. The molecule has 0 saturated carbocycles. The van der Waals surface area contributed by atoms with Gasteiger partial charge in [0.25, 0.3) is 0 Å². The third-order valence-corrected chi connectivity index (χ3v) is 10.1. The normalized spacial score (nSPS) is 13.1. The molecule has 0 aliphatic carbocycles. The van der Waals surface area contributed by atoms with Crippen LogP contribution in [0.1, 0.15) is 201 Å². The fraction of sp³-hybridized carbons (Fsp3) is 0.596. The lowest BCUT2D eigenvalue weighted by atomic mass is 10.1. The highest BCUT2D eigenvalue weighted by Gasteiger charge is 2.19. The van der Waals surface area contributed by atoms with Crippen LogP contribution in [-0.4, -0.2) is 37.2 Å². The maximum Gasteiger partial charge on any atom is 0.306 e. The van der Waals surface area contributed by atoms with E-state index in [9.17, 15) is 14.4 Å². The molecule has 0 amide bonds. The standard InChI is InChI=1S/C57H90O6/c1-4-7-10-13-16-19-22-25-26-27-28-29-30-33-35-38-41-44-47-50-56(59)62-53-54(63-57(60)51-48-45-42-39-36-32-24-21-18-15-12-9-6-3)52-61-55(58)49-46-43-40-37-34-31-23-20-17-14-11-8-5-2/h7,9-10,12,15-16,18-19,21,24-26,28-29,31-32,34,36,39,42,54H,4-6,8,11,13-14,17,20,22-23,27,30,33,35,37-38,40-41,43-53H2,1-3H3/b10-7+,12-9+,18-15+,19-16+,24-21+,26-25+,29-28+,34-31+,36-32+,42-39+. The lowest BCUT2D eigenvalue weighted by molar-refractivity contribution is -0.167. The highest BCUT2D eigenvalue weighted by atomic mass is 16.6. The van der Waals surface area contributed by atoms with Crippen LogP contribution in [0, 0.1) is 0 Å². The topological polar surface area (TPSA) is 78.9 Å². The van der Waals surface area contributed by atoms with Crippen molar-refractivity contribution in [2.24, 2.45) is 0 Å². The lowest BCUT2D eigenvalue weighted by Crippen LogP contribution is -2.30. The lowest BCUT2D eigenvalue weighted by Gasteiger charge is -2.18. The molecule has 1 atom stereocenters. The quantitative estimate of drug-likeness (QED) is 0.0200. The average molecular weight is 871 g/mol. The summed E-state index contributed by atoms with van der Waals surface area (Å²) < 4.78 is 16.7.